The summed E-state index contributed by atoms with van der Waals surface area (Å²) in [7, 11) is 1.48. The lowest BCUT2D eigenvalue weighted by atomic mass is 10.0. The summed E-state index contributed by atoms with van der Waals surface area (Å²) in [5.41, 5.74) is 0. The van der Waals surface area contributed by atoms with Crippen molar-refractivity contribution >= 4 is 19.7 Å². The maximum Gasteiger partial charge on any atom is 0.472 e. The Bertz CT molecular complexity index is 1570. The van der Waals surface area contributed by atoms with E-state index in [4.69, 9.17) is 13.8 Å². The molecule has 3 atom stereocenters. The average molecular weight is 1110 g/mol. The first-order chi connectivity index (χ1) is 37.9. The van der Waals surface area contributed by atoms with E-state index in [0.29, 0.717) is 17.4 Å². The molecule has 0 bridgehead atoms. The number of ether oxygens (including phenoxy) is 1. The van der Waals surface area contributed by atoms with Gasteiger partial charge in [0.1, 0.15) is 19.3 Å². The smallest absolute Gasteiger partial charge is 0.456 e. The number of hydrogen-bond acceptors (Lipinski definition) is 6. The number of phosphoric acid groups is 1. The highest BCUT2D eigenvalue weighted by atomic mass is 31.2. The number of rotatable bonds is 59. The molecule has 0 spiro atoms. The molecule has 0 radical (unpaired) electrons. The van der Waals surface area contributed by atoms with Crippen LogP contribution in [0.3, 0.4) is 0 Å². The minimum Gasteiger partial charge on any atom is -0.456 e. The van der Waals surface area contributed by atoms with Gasteiger partial charge in [-0.05, 0) is 102 Å². The zero-order chi connectivity index (χ0) is 57.2. The van der Waals surface area contributed by atoms with Gasteiger partial charge in [-0.15, -0.1) is 0 Å². The van der Waals surface area contributed by atoms with Gasteiger partial charge in [-0.3, -0.25) is 18.6 Å². The van der Waals surface area contributed by atoms with Crippen LogP contribution in [0.4, 0.5) is 0 Å². The summed E-state index contributed by atoms with van der Waals surface area (Å²) in [5.74, 6) is -0.524. The monoisotopic (exact) mass is 1110 g/mol. The van der Waals surface area contributed by atoms with Crippen molar-refractivity contribution in [1.82, 2.24) is 5.32 Å². The topological polar surface area (TPSA) is 111 Å². The second-order valence-electron chi connectivity index (χ2n) is 23.3. The highest BCUT2D eigenvalue weighted by Crippen LogP contribution is 2.43. The molecule has 3 unspecified atom stereocenters. The van der Waals surface area contributed by atoms with Crippen LogP contribution in [0, 0.1) is 0 Å². The molecule has 2 N–H and O–H groups in total. The summed E-state index contributed by atoms with van der Waals surface area (Å²) in [6, 6.07) is -0.862. The third-order valence-corrected chi connectivity index (χ3v) is 15.4. The number of hydrogen-bond donors (Lipinski definition) is 2. The third kappa shape index (κ3) is 58.1. The Balaban J connectivity index is 5.24. The number of nitrogens with one attached hydrogen (secondary N) is 1. The number of carbonyl (C=O) groups excluding carboxylic acids is 2. The van der Waals surface area contributed by atoms with E-state index in [2.05, 4.69) is 86.8 Å². The highest BCUT2D eigenvalue weighted by molar-refractivity contribution is 7.47. The van der Waals surface area contributed by atoms with E-state index < -0.39 is 20.0 Å². The van der Waals surface area contributed by atoms with E-state index in [9.17, 15) is 19.0 Å². The maximum absolute atomic E-state index is 13.6. The highest BCUT2D eigenvalue weighted by Gasteiger charge is 2.30. The Morgan fingerprint density at radius 3 is 1.21 bits per heavy atom. The van der Waals surface area contributed by atoms with Crippen molar-refractivity contribution in [3.05, 3.63) is 72.9 Å². The summed E-state index contributed by atoms with van der Waals surface area (Å²) >= 11 is 0. The number of esters is 1. The van der Waals surface area contributed by atoms with Gasteiger partial charge < -0.3 is 19.4 Å². The first-order valence-corrected chi connectivity index (χ1v) is 34.3. The summed E-state index contributed by atoms with van der Waals surface area (Å²) in [5, 5.41) is 3.05. The number of unbranched alkanes of at least 4 members (excludes halogenated alkanes) is 33. The van der Waals surface area contributed by atoms with Crippen LogP contribution in [0.25, 0.3) is 0 Å². The third-order valence-electron chi connectivity index (χ3n) is 14.4. The predicted molar refractivity (Wildman–Crippen MR) is 337 cm³/mol. The van der Waals surface area contributed by atoms with Gasteiger partial charge in [-0.1, -0.05) is 255 Å². The van der Waals surface area contributed by atoms with Crippen molar-refractivity contribution in [3.8, 4) is 0 Å². The predicted octanol–water partition coefficient (Wildman–Crippen LogP) is 20.4. The van der Waals surface area contributed by atoms with Crippen molar-refractivity contribution in [3.63, 3.8) is 0 Å². The molecule has 0 saturated carbocycles. The summed E-state index contributed by atoms with van der Waals surface area (Å²) in [4.78, 5) is 37.8. The van der Waals surface area contributed by atoms with Crippen molar-refractivity contribution in [1.29, 1.82) is 0 Å². The SMILES string of the molecule is CCCCC/C=C\C/C=C\C/C=C\C/C=C\CCCCCCCC(=O)NC(COP(=O)(O)OCC[N+](C)(C)C)C(/C=C/CCCCCCCCCCCC)OC(=O)CCCCCCCCCCC/C=C/CCCCCCCC. The molecule has 0 saturated heterocycles. The zero-order valence-corrected chi connectivity index (χ0v) is 52.8. The largest absolute Gasteiger partial charge is 0.472 e. The fourth-order valence-electron chi connectivity index (χ4n) is 9.27. The van der Waals surface area contributed by atoms with Crippen LogP contribution < -0.4 is 5.32 Å². The Morgan fingerprint density at radius 1 is 0.449 bits per heavy atom. The Labute approximate surface area is 483 Å². The lowest BCUT2D eigenvalue weighted by Crippen LogP contribution is -2.47. The number of likely N-dealkylation sites (N-methyl/N-ethyl adjacent to an activating group) is 1. The molecule has 0 aliphatic heterocycles. The van der Waals surface area contributed by atoms with Crippen molar-refractivity contribution in [2.75, 3.05) is 40.9 Å². The summed E-state index contributed by atoms with van der Waals surface area (Å²) in [6.45, 7) is 6.98. The molecular weight excluding hydrogens is 988 g/mol. The fraction of sp³-hybridized carbons (Fsp3) is 0.794. The van der Waals surface area contributed by atoms with Crippen LogP contribution in [0.5, 0.6) is 0 Å². The molecule has 0 aromatic carbocycles. The molecule has 454 valence electrons. The van der Waals surface area contributed by atoms with E-state index in [-0.39, 0.29) is 31.5 Å². The van der Waals surface area contributed by atoms with Crippen LogP contribution in [0.1, 0.15) is 297 Å². The standard InChI is InChI=1S/C68H125N2O7P/c1-7-10-13-16-19-22-25-28-30-32-34-35-37-38-40-42-45-48-51-54-57-60-67(71)69-65(64-76-78(73,74)75-63-62-70(4,5)6)66(59-56-53-50-47-44-27-24-21-18-15-12-9-3)77-68(72)61-58-55-52-49-46-43-41-39-36-33-31-29-26-23-20-17-14-11-8-2/h19,22,28-31,34-35,38,40,56,59,65-66H,7-18,20-21,23-27,32-33,36-37,39,41-55,57-58,60-64H2,1-6H3,(H-,69,71,73,74)/p+1/b22-19-,30-28-,31-29+,35-34-,40-38-,59-56+. The number of amides is 1. The number of phosphoric ester groups is 1. The van der Waals surface area contributed by atoms with Gasteiger partial charge in [0, 0.05) is 12.8 Å². The molecular formula is C68H126N2O7P+. The normalized spacial score (nSPS) is 14.1. The molecule has 0 heterocycles. The molecule has 0 aromatic rings. The number of quaternary nitrogens is 1. The Morgan fingerprint density at radius 2 is 0.782 bits per heavy atom. The van der Waals surface area contributed by atoms with Crippen LogP contribution >= 0.6 is 7.82 Å². The molecule has 0 aromatic heterocycles. The van der Waals surface area contributed by atoms with Crippen LogP contribution in [0.15, 0.2) is 72.9 Å². The minimum atomic E-state index is -4.46. The summed E-state index contributed by atoms with van der Waals surface area (Å²) < 4.78 is 30.7. The lowest BCUT2D eigenvalue weighted by molar-refractivity contribution is -0.870. The number of allylic oxidation sites excluding steroid dienone is 11. The maximum atomic E-state index is 13.6. The first kappa shape index (κ1) is 75.5. The van der Waals surface area contributed by atoms with E-state index >= 15 is 0 Å². The van der Waals surface area contributed by atoms with Gasteiger partial charge in [-0.2, -0.15) is 0 Å². The molecule has 0 fully saturated rings. The van der Waals surface area contributed by atoms with E-state index in [0.717, 1.165) is 96.3 Å². The molecule has 10 heteroatoms. The van der Waals surface area contributed by atoms with Crippen molar-refractivity contribution in [2.45, 2.75) is 309 Å². The molecule has 1 amide bonds. The van der Waals surface area contributed by atoms with Gasteiger partial charge in [0.15, 0.2) is 0 Å². The van der Waals surface area contributed by atoms with E-state index in [1.807, 2.05) is 33.3 Å². The van der Waals surface area contributed by atoms with Crippen molar-refractivity contribution < 1.29 is 37.3 Å². The fourth-order valence-corrected chi connectivity index (χ4v) is 10.0. The van der Waals surface area contributed by atoms with Crippen LogP contribution in [0.2, 0.25) is 0 Å². The van der Waals surface area contributed by atoms with Gasteiger partial charge in [0.2, 0.25) is 5.91 Å². The Kier molecular flexibility index (Phi) is 55.8. The van der Waals surface area contributed by atoms with Gasteiger partial charge in [-0.25, -0.2) is 4.57 Å². The van der Waals surface area contributed by atoms with Gasteiger partial charge in [0.05, 0.1) is 33.8 Å². The molecule has 9 nitrogen and oxygen atoms in total. The van der Waals surface area contributed by atoms with E-state index in [1.165, 1.54) is 167 Å². The molecule has 78 heavy (non-hydrogen) atoms. The van der Waals surface area contributed by atoms with Gasteiger partial charge in [0.25, 0.3) is 0 Å². The Hall–Kier alpha value is -2.55. The lowest BCUT2D eigenvalue weighted by Gasteiger charge is -2.27. The molecule has 0 aliphatic carbocycles. The quantitative estimate of drug-likeness (QED) is 0.0205. The first-order valence-electron chi connectivity index (χ1n) is 32.8. The van der Waals surface area contributed by atoms with Gasteiger partial charge >= 0.3 is 13.8 Å². The molecule has 0 aliphatic rings. The minimum absolute atomic E-state index is 0.0340. The second kappa shape index (κ2) is 57.7. The summed E-state index contributed by atoms with van der Waals surface area (Å²) in [6.07, 6.45) is 74.7. The van der Waals surface area contributed by atoms with Crippen LogP contribution in [-0.2, 0) is 27.9 Å². The molecule has 0 rings (SSSR count). The van der Waals surface area contributed by atoms with Crippen molar-refractivity contribution in [2.24, 2.45) is 0 Å². The zero-order valence-electron chi connectivity index (χ0n) is 51.9. The van der Waals surface area contributed by atoms with E-state index in [1.54, 1.807) is 0 Å². The second-order valence-corrected chi connectivity index (χ2v) is 24.7. The number of nitrogens with zero attached hydrogens (tertiary/aromatic N) is 1. The number of carbonyl (C=O) groups is 2. The average Bonchev–Trinajstić information content (AvgIpc) is 3.40. The van der Waals surface area contributed by atoms with Crippen LogP contribution in [-0.4, -0.2) is 74.3 Å².